The second kappa shape index (κ2) is 8.45. The number of aryl methyl sites for hydroxylation is 1. The molecule has 4 nitrogen and oxygen atoms in total. The highest BCUT2D eigenvalue weighted by Crippen LogP contribution is 2.25. The summed E-state index contributed by atoms with van der Waals surface area (Å²) in [6.45, 7) is 3.09. The quantitative estimate of drug-likeness (QED) is 0.723. The van der Waals surface area contributed by atoms with Gasteiger partial charge in [0.2, 0.25) is 11.8 Å². The van der Waals surface area contributed by atoms with Crippen molar-refractivity contribution in [3.8, 4) is 0 Å². The zero-order valence-corrected chi connectivity index (χ0v) is 16.0. The third-order valence-electron chi connectivity index (χ3n) is 3.58. The van der Waals surface area contributed by atoms with Crippen LogP contribution in [-0.4, -0.2) is 11.8 Å². The molecule has 0 aromatic heterocycles. The predicted octanol–water partition coefficient (Wildman–Crippen LogP) is 4.76. The van der Waals surface area contributed by atoms with Gasteiger partial charge in [-0.15, -0.1) is 0 Å². The molecule has 0 radical (unpaired) electrons. The van der Waals surface area contributed by atoms with E-state index in [0.717, 1.165) is 5.56 Å². The van der Waals surface area contributed by atoms with Gasteiger partial charge in [0.15, 0.2) is 0 Å². The number of anilines is 1. The molecule has 0 unspecified atom stereocenters. The van der Waals surface area contributed by atoms with E-state index in [2.05, 4.69) is 26.6 Å². The van der Waals surface area contributed by atoms with E-state index >= 15 is 0 Å². The first kappa shape index (κ1) is 19.4. The average molecular weight is 428 g/mol. The Hall–Kier alpha value is -1.92. The molecule has 1 atom stereocenters. The second-order valence-corrected chi connectivity index (χ2v) is 6.93. The Morgan fingerprint density at radius 3 is 2.48 bits per heavy atom. The molecule has 2 aromatic rings. The van der Waals surface area contributed by atoms with Crippen LogP contribution in [0.4, 0.5) is 10.1 Å². The summed E-state index contributed by atoms with van der Waals surface area (Å²) in [6, 6.07) is 9.28. The fraction of sp³-hybridized carbons (Fsp3) is 0.222. The molecule has 2 aromatic carbocycles. The summed E-state index contributed by atoms with van der Waals surface area (Å²) in [4.78, 5) is 23.8. The Morgan fingerprint density at radius 2 is 1.88 bits per heavy atom. The predicted molar refractivity (Wildman–Crippen MR) is 100 cm³/mol. The summed E-state index contributed by atoms with van der Waals surface area (Å²) in [6.07, 6.45) is 0.0373. The Bertz CT molecular complexity index is 796. The molecular weight excluding hydrogens is 411 g/mol. The van der Waals surface area contributed by atoms with E-state index in [4.69, 9.17) is 11.6 Å². The molecule has 0 fully saturated rings. The van der Waals surface area contributed by atoms with Gasteiger partial charge in [-0.05, 0) is 58.2 Å². The van der Waals surface area contributed by atoms with Crippen molar-refractivity contribution in [1.29, 1.82) is 0 Å². The van der Waals surface area contributed by atoms with Crippen LogP contribution in [0.1, 0.15) is 30.5 Å². The maximum Gasteiger partial charge on any atom is 0.226 e. The topological polar surface area (TPSA) is 58.2 Å². The number of carbonyl (C=O) groups excluding carboxylic acids is 2. The number of carbonyl (C=O) groups is 2. The van der Waals surface area contributed by atoms with Crippen molar-refractivity contribution in [2.45, 2.75) is 26.3 Å². The molecule has 2 rings (SSSR count). The van der Waals surface area contributed by atoms with E-state index in [-0.39, 0.29) is 22.7 Å². The van der Waals surface area contributed by atoms with Gasteiger partial charge in [0.1, 0.15) is 5.82 Å². The van der Waals surface area contributed by atoms with Crippen LogP contribution in [0, 0.1) is 12.7 Å². The number of hydrogen-bond acceptors (Lipinski definition) is 2. The van der Waals surface area contributed by atoms with Gasteiger partial charge in [0.05, 0.1) is 16.9 Å². The number of benzene rings is 2. The molecule has 0 aliphatic carbocycles. The van der Waals surface area contributed by atoms with Gasteiger partial charge in [-0.25, -0.2) is 4.39 Å². The van der Waals surface area contributed by atoms with E-state index in [1.165, 1.54) is 19.1 Å². The Morgan fingerprint density at radius 1 is 1.24 bits per heavy atom. The molecule has 25 heavy (non-hydrogen) atoms. The lowest BCUT2D eigenvalue weighted by atomic mass is 10.0. The highest BCUT2D eigenvalue weighted by Gasteiger charge is 2.18. The molecule has 132 valence electrons. The Kier molecular flexibility index (Phi) is 6.56. The fourth-order valence-corrected chi connectivity index (χ4v) is 2.83. The van der Waals surface area contributed by atoms with Gasteiger partial charge >= 0.3 is 0 Å². The minimum Gasteiger partial charge on any atom is -0.349 e. The molecule has 7 heteroatoms. The van der Waals surface area contributed by atoms with Crippen molar-refractivity contribution in [3.05, 3.63) is 62.8 Å². The maximum absolute atomic E-state index is 13.5. The largest absolute Gasteiger partial charge is 0.349 e. The van der Waals surface area contributed by atoms with Crippen LogP contribution in [0.2, 0.25) is 5.02 Å². The van der Waals surface area contributed by atoms with E-state index in [9.17, 15) is 14.0 Å². The number of hydrogen-bond donors (Lipinski definition) is 2. The zero-order chi connectivity index (χ0) is 18.6. The summed E-state index contributed by atoms with van der Waals surface area (Å²) in [7, 11) is 0. The lowest BCUT2D eigenvalue weighted by Crippen LogP contribution is -2.29. The summed E-state index contributed by atoms with van der Waals surface area (Å²) in [5.74, 6) is -0.934. The van der Waals surface area contributed by atoms with Gasteiger partial charge in [-0.1, -0.05) is 23.7 Å². The van der Waals surface area contributed by atoms with Crippen molar-refractivity contribution in [2.24, 2.45) is 0 Å². The number of halogens is 3. The van der Waals surface area contributed by atoms with E-state index < -0.39 is 11.9 Å². The van der Waals surface area contributed by atoms with Crippen LogP contribution in [-0.2, 0) is 9.59 Å². The first-order chi connectivity index (χ1) is 11.8. The Balaban J connectivity index is 2.15. The molecule has 0 saturated carbocycles. The molecule has 2 amide bonds. The van der Waals surface area contributed by atoms with Crippen LogP contribution in [0.25, 0.3) is 0 Å². The molecule has 0 aliphatic rings. The first-order valence-corrected chi connectivity index (χ1v) is 8.71. The number of rotatable bonds is 5. The van der Waals surface area contributed by atoms with Crippen LogP contribution >= 0.6 is 27.5 Å². The molecular formula is C18H17BrClFN2O2. The molecule has 0 spiro atoms. The van der Waals surface area contributed by atoms with E-state index in [1.807, 2.05) is 0 Å². The smallest absolute Gasteiger partial charge is 0.226 e. The van der Waals surface area contributed by atoms with E-state index in [0.29, 0.717) is 16.3 Å². The molecule has 0 saturated heterocycles. The Labute approximate surface area is 158 Å². The highest BCUT2D eigenvalue weighted by atomic mass is 79.9. The SMILES string of the molecule is CC(=O)N[C@H](CC(=O)Nc1cc(Br)c(F)cc1C)c1ccc(Cl)cc1. The van der Waals surface area contributed by atoms with Crippen molar-refractivity contribution in [3.63, 3.8) is 0 Å². The second-order valence-electron chi connectivity index (χ2n) is 5.64. The van der Waals surface area contributed by atoms with Crippen LogP contribution in [0.5, 0.6) is 0 Å². The zero-order valence-electron chi connectivity index (χ0n) is 13.7. The summed E-state index contributed by atoms with van der Waals surface area (Å²) < 4.78 is 13.8. The van der Waals surface area contributed by atoms with Crippen molar-refractivity contribution < 1.29 is 14.0 Å². The van der Waals surface area contributed by atoms with Gasteiger partial charge in [0.25, 0.3) is 0 Å². The molecule has 0 bridgehead atoms. The highest BCUT2D eigenvalue weighted by molar-refractivity contribution is 9.10. The van der Waals surface area contributed by atoms with Gasteiger partial charge in [-0.3, -0.25) is 9.59 Å². The summed E-state index contributed by atoms with van der Waals surface area (Å²) >= 11 is 8.98. The first-order valence-electron chi connectivity index (χ1n) is 7.54. The normalized spacial score (nSPS) is 11.7. The van der Waals surface area contributed by atoms with Crippen LogP contribution in [0.15, 0.2) is 40.9 Å². The van der Waals surface area contributed by atoms with Crippen molar-refractivity contribution in [1.82, 2.24) is 5.32 Å². The number of amides is 2. The summed E-state index contributed by atoms with van der Waals surface area (Å²) in [5, 5.41) is 6.08. The van der Waals surface area contributed by atoms with Gasteiger partial charge < -0.3 is 10.6 Å². The molecule has 0 heterocycles. The minimum atomic E-state index is -0.487. The minimum absolute atomic E-state index is 0.0373. The monoisotopic (exact) mass is 426 g/mol. The van der Waals surface area contributed by atoms with E-state index in [1.54, 1.807) is 31.2 Å². The maximum atomic E-state index is 13.5. The van der Waals surface area contributed by atoms with Gasteiger partial charge in [-0.2, -0.15) is 0 Å². The lowest BCUT2D eigenvalue weighted by Gasteiger charge is -2.19. The van der Waals surface area contributed by atoms with Crippen LogP contribution in [0.3, 0.4) is 0 Å². The summed E-state index contributed by atoms with van der Waals surface area (Å²) in [5.41, 5.74) is 1.89. The lowest BCUT2D eigenvalue weighted by molar-refractivity contribution is -0.120. The molecule has 2 N–H and O–H groups in total. The van der Waals surface area contributed by atoms with Gasteiger partial charge in [0, 0.05) is 17.6 Å². The molecule has 0 aliphatic heterocycles. The van der Waals surface area contributed by atoms with Crippen molar-refractivity contribution >= 4 is 45.0 Å². The third-order valence-corrected chi connectivity index (χ3v) is 4.44. The average Bonchev–Trinajstić information content (AvgIpc) is 2.52. The van der Waals surface area contributed by atoms with Crippen LogP contribution < -0.4 is 10.6 Å². The number of nitrogens with one attached hydrogen (secondary N) is 2. The standard InChI is InChI=1S/C18H17BrClFN2O2/c1-10-7-15(21)14(19)8-16(10)23-18(25)9-17(22-11(2)24)12-3-5-13(20)6-4-12/h3-8,17H,9H2,1-2H3,(H,22,24)(H,23,25)/t17-/m1/s1. The van der Waals surface area contributed by atoms with Crippen molar-refractivity contribution in [2.75, 3.05) is 5.32 Å². The fourth-order valence-electron chi connectivity index (χ4n) is 2.36. The third kappa shape index (κ3) is 5.54.